The van der Waals surface area contributed by atoms with Gasteiger partial charge in [0.25, 0.3) is 0 Å². The van der Waals surface area contributed by atoms with Gasteiger partial charge in [-0.25, -0.2) is 8.42 Å². The van der Waals surface area contributed by atoms with Crippen molar-refractivity contribution in [2.45, 2.75) is 24.8 Å². The monoisotopic (exact) mass is 521 g/mol. The Labute approximate surface area is 214 Å². The number of aryl methyl sites for hydroxylation is 2. The highest BCUT2D eigenvalue weighted by Gasteiger charge is 2.33. The van der Waals surface area contributed by atoms with E-state index in [1.807, 2.05) is 6.07 Å². The number of sulfonamides is 1. The molecular weight excluding hydrogens is 494 g/mol. The lowest BCUT2D eigenvalue weighted by molar-refractivity contribution is -0.133. The second-order valence-electron chi connectivity index (χ2n) is 8.96. The van der Waals surface area contributed by atoms with Crippen LogP contribution in [0.2, 0.25) is 0 Å². The second kappa shape index (κ2) is 9.96. The highest BCUT2D eigenvalue weighted by Crippen LogP contribution is 2.27. The molecule has 4 aromatic rings. The lowest BCUT2D eigenvalue weighted by Crippen LogP contribution is -2.52. The van der Waals surface area contributed by atoms with E-state index in [0.717, 1.165) is 11.7 Å². The number of fused-ring (bicyclic) bond motifs is 1. The lowest BCUT2D eigenvalue weighted by Gasteiger charge is -2.38. The van der Waals surface area contributed by atoms with Crippen molar-refractivity contribution in [3.8, 4) is 0 Å². The van der Waals surface area contributed by atoms with Crippen LogP contribution >= 0.6 is 11.7 Å². The van der Waals surface area contributed by atoms with Gasteiger partial charge in [0.15, 0.2) is 0 Å². The Hall–Kier alpha value is -3.34. The van der Waals surface area contributed by atoms with Crippen molar-refractivity contribution in [3.05, 3.63) is 83.4 Å². The summed E-state index contributed by atoms with van der Waals surface area (Å²) in [6.45, 7) is 6.51. The molecule has 1 aliphatic rings. The molecule has 0 spiro atoms. The van der Waals surface area contributed by atoms with E-state index < -0.39 is 16.1 Å². The first-order valence-electron chi connectivity index (χ1n) is 11.7. The molecule has 0 unspecified atom stereocenters. The van der Waals surface area contributed by atoms with Crippen molar-refractivity contribution < 1.29 is 13.2 Å². The largest absolute Gasteiger partial charge is 0.368 e. The molecule has 36 heavy (non-hydrogen) atoms. The molecule has 3 aromatic carbocycles. The number of benzene rings is 3. The zero-order chi connectivity index (χ0) is 25.3. The highest BCUT2D eigenvalue weighted by molar-refractivity contribution is 7.89. The van der Waals surface area contributed by atoms with Gasteiger partial charge >= 0.3 is 0 Å². The van der Waals surface area contributed by atoms with Crippen molar-refractivity contribution in [3.63, 3.8) is 0 Å². The topological polar surface area (TPSA) is 95.5 Å². The van der Waals surface area contributed by atoms with Crippen molar-refractivity contribution in [1.29, 1.82) is 0 Å². The molecule has 1 atom stereocenters. The Balaban J connectivity index is 1.39. The Morgan fingerprint density at radius 2 is 1.69 bits per heavy atom. The molecule has 0 aliphatic carbocycles. The average Bonchev–Trinajstić information content (AvgIpc) is 3.38. The summed E-state index contributed by atoms with van der Waals surface area (Å²) in [6.07, 6.45) is 0. The number of anilines is 1. The summed E-state index contributed by atoms with van der Waals surface area (Å²) in [7, 11) is -4.06. The Morgan fingerprint density at radius 1 is 0.944 bits per heavy atom. The maximum atomic E-state index is 13.7. The number of amides is 1. The van der Waals surface area contributed by atoms with Crippen LogP contribution < -0.4 is 9.62 Å². The van der Waals surface area contributed by atoms with E-state index in [0.29, 0.717) is 42.8 Å². The van der Waals surface area contributed by atoms with E-state index in [2.05, 4.69) is 50.4 Å². The number of nitrogens with zero attached hydrogens (tertiary/aromatic N) is 4. The van der Waals surface area contributed by atoms with E-state index in [1.54, 1.807) is 41.3 Å². The van der Waals surface area contributed by atoms with Crippen molar-refractivity contribution in [1.82, 2.24) is 18.4 Å². The van der Waals surface area contributed by atoms with E-state index in [1.165, 1.54) is 22.9 Å². The van der Waals surface area contributed by atoms with Crippen LogP contribution in [0, 0.1) is 13.8 Å². The number of piperazine rings is 1. The van der Waals surface area contributed by atoms with Gasteiger partial charge in [-0.15, -0.1) is 0 Å². The summed E-state index contributed by atoms with van der Waals surface area (Å²) in [5.74, 6) is -0.269. The summed E-state index contributed by atoms with van der Waals surface area (Å²) in [5.41, 5.74) is 4.96. The van der Waals surface area contributed by atoms with E-state index >= 15 is 0 Å². The summed E-state index contributed by atoms with van der Waals surface area (Å²) in [5, 5.41) is 0. The fourth-order valence-corrected chi connectivity index (χ4v) is 6.48. The highest BCUT2D eigenvalue weighted by atomic mass is 32.2. The first kappa shape index (κ1) is 24.4. The van der Waals surface area contributed by atoms with Gasteiger partial charge in [0.05, 0.1) is 11.7 Å². The SMILES string of the molecule is Cc1ccc(C)c(N2CCN(C(=O)[C@@H](NS(=O)(=O)c3cccc4nsnc34)c3ccccc3)CC2)c1. The van der Waals surface area contributed by atoms with Crippen LogP contribution in [-0.4, -0.2) is 54.2 Å². The van der Waals surface area contributed by atoms with Gasteiger partial charge in [-0.2, -0.15) is 13.5 Å². The molecule has 0 bridgehead atoms. The molecule has 1 amide bonds. The van der Waals surface area contributed by atoms with Crippen LogP contribution in [0.25, 0.3) is 11.0 Å². The molecule has 1 saturated heterocycles. The number of carbonyl (C=O) groups is 1. The molecule has 1 aliphatic heterocycles. The van der Waals surface area contributed by atoms with Crippen molar-refractivity contribution in [2.24, 2.45) is 0 Å². The number of nitrogens with one attached hydrogen (secondary N) is 1. The van der Waals surface area contributed by atoms with Gasteiger partial charge in [-0.05, 0) is 48.7 Å². The van der Waals surface area contributed by atoms with Crippen LogP contribution in [-0.2, 0) is 14.8 Å². The maximum absolute atomic E-state index is 13.7. The quantitative estimate of drug-likeness (QED) is 0.416. The molecule has 8 nitrogen and oxygen atoms in total. The zero-order valence-corrected chi connectivity index (χ0v) is 21.7. The van der Waals surface area contributed by atoms with E-state index in [-0.39, 0.29) is 10.8 Å². The van der Waals surface area contributed by atoms with E-state index in [4.69, 9.17) is 0 Å². The number of rotatable bonds is 6. The van der Waals surface area contributed by atoms with Crippen molar-refractivity contribution in [2.75, 3.05) is 31.1 Å². The van der Waals surface area contributed by atoms with Gasteiger partial charge in [0, 0.05) is 31.9 Å². The first-order valence-corrected chi connectivity index (χ1v) is 13.9. The molecule has 186 valence electrons. The average molecular weight is 522 g/mol. The van der Waals surface area contributed by atoms with Crippen LogP contribution in [0.5, 0.6) is 0 Å². The minimum atomic E-state index is -4.06. The Morgan fingerprint density at radius 3 is 2.44 bits per heavy atom. The summed E-state index contributed by atoms with van der Waals surface area (Å²) in [6, 6.07) is 19.1. The molecule has 1 N–H and O–H groups in total. The molecule has 1 fully saturated rings. The summed E-state index contributed by atoms with van der Waals surface area (Å²) in [4.78, 5) is 17.8. The zero-order valence-electron chi connectivity index (χ0n) is 20.1. The van der Waals surface area contributed by atoms with Crippen molar-refractivity contribution >= 4 is 44.4 Å². The summed E-state index contributed by atoms with van der Waals surface area (Å²) < 4.78 is 37.9. The smallest absolute Gasteiger partial charge is 0.245 e. The van der Waals surface area contributed by atoms with Gasteiger partial charge in [0.2, 0.25) is 15.9 Å². The third-order valence-corrected chi connectivity index (χ3v) is 8.49. The lowest BCUT2D eigenvalue weighted by atomic mass is 10.1. The molecular formula is C26H27N5O3S2. The van der Waals surface area contributed by atoms with Gasteiger partial charge in [-0.1, -0.05) is 48.5 Å². The second-order valence-corrected chi connectivity index (χ2v) is 11.2. The molecule has 2 heterocycles. The third kappa shape index (κ3) is 4.84. The van der Waals surface area contributed by atoms with Gasteiger partial charge < -0.3 is 9.80 Å². The summed E-state index contributed by atoms with van der Waals surface area (Å²) >= 11 is 0.956. The minimum Gasteiger partial charge on any atom is -0.368 e. The minimum absolute atomic E-state index is 0.0159. The Bertz CT molecular complexity index is 1500. The van der Waals surface area contributed by atoms with Crippen LogP contribution in [0.15, 0.2) is 71.6 Å². The van der Waals surface area contributed by atoms with Crippen LogP contribution in [0.1, 0.15) is 22.7 Å². The van der Waals surface area contributed by atoms with E-state index in [9.17, 15) is 13.2 Å². The molecule has 5 rings (SSSR count). The fraction of sp³-hybridized carbons (Fsp3) is 0.269. The van der Waals surface area contributed by atoms with Crippen LogP contribution in [0.3, 0.4) is 0 Å². The normalized spacial score (nSPS) is 15.3. The third-order valence-electron chi connectivity index (χ3n) is 6.49. The number of hydrogen-bond donors (Lipinski definition) is 1. The Kier molecular flexibility index (Phi) is 6.74. The number of carbonyl (C=O) groups excluding carboxylic acids is 1. The standard InChI is InChI=1S/C26H27N5O3S2/c1-18-11-12-19(2)22(17-18)30-13-15-31(16-14-30)26(32)24(20-7-4-3-5-8-20)29-36(33,34)23-10-6-9-21-25(23)28-35-27-21/h3-12,17,24,29H,13-16H2,1-2H3/t24-/m0/s1. The molecule has 1 aromatic heterocycles. The molecule has 0 radical (unpaired) electrons. The number of hydrogen-bond acceptors (Lipinski definition) is 7. The predicted octanol–water partition coefficient (Wildman–Crippen LogP) is 3.68. The molecule has 10 heteroatoms. The van der Waals surface area contributed by atoms with Gasteiger partial charge in [-0.3, -0.25) is 4.79 Å². The first-order chi connectivity index (χ1) is 17.3. The maximum Gasteiger partial charge on any atom is 0.245 e. The molecule has 0 saturated carbocycles. The predicted molar refractivity (Wildman–Crippen MR) is 142 cm³/mol. The van der Waals surface area contributed by atoms with Gasteiger partial charge in [0.1, 0.15) is 22.0 Å². The fourth-order valence-electron chi connectivity index (χ4n) is 4.53. The number of aromatic nitrogens is 2. The van der Waals surface area contributed by atoms with Crippen LogP contribution in [0.4, 0.5) is 5.69 Å².